The Balaban J connectivity index is 1.59. The summed E-state index contributed by atoms with van der Waals surface area (Å²) < 4.78 is 5.19. The fourth-order valence-corrected chi connectivity index (χ4v) is 4.31. The number of fused-ring (bicyclic) bond motifs is 2. The zero-order valence-corrected chi connectivity index (χ0v) is 20.5. The highest BCUT2D eigenvalue weighted by Gasteiger charge is 2.21. The predicted octanol–water partition coefficient (Wildman–Crippen LogP) is 5.38. The average Bonchev–Trinajstić information content (AvgIpc) is 3.02. The first-order chi connectivity index (χ1) is 17.3. The molecule has 0 atom stereocenters. The molecule has 0 spiro atoms. The van der Waals surface area contributed by atoms with E-state index in [0.29, 0.717) is 42.9 Å². The third kappa shape index (κ3) is 5.00. The average molecular weight is 489 g/mol. The van der Waals surface area contributed by atoms with Gasteiger partial charge in [-0.1, -0.05) is 12.1 Å². The van der Waals surface area contributed by atoms with Gasteiger partial charge in [0.05, 0.1) is 34.7 Å². The van der Waals surface area contributed by atoms with Gasteiger partial charge in [-0.05, 0) is 73.4 Å². The molecule has 2 amide bonds. The van der Waals surface area contributed by atoms with E-state index in [1.54, 1.807) is 24.3 Å². The van der Waals surface area contributed by atoms with Crippen LogP contribution < -0.4 is 15.4 Å². The first kappa shape index (κ1) is 24.7. The molecule has 1 aliphatic heterocycles. The lowest BCUT2D eigenvalue weighted by Crippen LogP contribution is -2.30. The van der Waals surface area contributed by atoms with Crippen LogP contribution in [0.1, 0.15) is 36.2 Å². The molecule has 0 radical (unpaired) electrons. The smallest absolute Gasteiger partial charge is 0.310 e. The minimum atomic E-state index is -0.490. The maximum atomic E-state index is 13.0. The van der Waals surface area contributed by atoms with Gasteiger partial charge >= 0.3 is 5.69 Å². The van der Waals surface area contributed by atoms with Crippen LogP contribution in [0.25, 0.3) is 11.1 Å². The van der Waals surface area contributed by atoms with Gasteiger partial charge in [-0.2, -0.15) is 0 Å². The number of nitro benzene ring substituents is 1. The Morgan fingerprint density at radius 1 is 0.944 bits per heavy atom. The molecule has 0 fully saturated rings. The Morgan fingerprint density at radius 3 is 2.36 bits per heavy atom. The van der Waals surface area contributed by atoms with Crippen LogP contribution in [0, 0.1) is 10.1 Å². The predicted molar refractivity (Wildman–Crippen MR) is 139 cm³/mol. The number of hydrogen-bond donors (Lipinski definition) is 2. The molecule has 0 unspecified atom stereocenters. The Kier molecular flexibility index (Phi) is 7.19. The van der Waals surface area contributed by atoms with Gasteiger partial charge < -0.3 is 20.3 Å². The van der Waals surface area contributed by atoms with Crippen LogP contribution in [0.4, 0.5) is 22.7 Å². The van der Waals surface area contributed by atoms with Crippen molar-refractivity contribution in [1.82, 2.24) is 4.90 Å². The number of benzene rings is 3. The number of carbonyl (C=O) groups excluding carboxylic acids is 2. The van der Waals surface area contributed by atoms with Gasteiger partial charge in [0.2, 0.25) is 5.91 Å². The maximum Gasteiger partial charge on any atom is 0.310 e. The summed E-state index contributed by atoms with van der Waals surface area (Å²) in [6, 6.07) is 15.7. The number of nitrogens with one attached hydrogen (secondary N) is 2. The standard InChI is InChI=1S/C27H28N4O5/c1-4-30(5-2)26(32)13-7-17-6-11-21-23(14-17)29-27(33)20-10-8-18(15-22(20)28-21)19-9-12-24(31(34)35)25(16-19)36-3/h6,8-12,14-16,28H,4-5,7,13H2,1-3H3,(H,29,33). The number of nitro groups is 1. The summed E-state index contributed by atoms with van der Waals surface area (Å²) in [6.07, 6.45) is 0.988. The van der Waals surface area contributed by atoms with Crippen molar-refractivity contribution < 1.29 is 19.2 Å². The van der Waals surface area contributed by atoms with E-state index in [-0.39, 0.29) is 23.3 Å². The van der Waals surface area contributed by atoms with Gasteiger partial charge in [-0.3, -0.25) is 19.7 Å². The van der Waals surface area contributed by atoms with Crippen molar-refractivity contribution in [3.63, 3.8) is 0 Å². The van der Waals surface area contributed by atoms with E-state index in [1.807, 2.05) is 43.0 Å². The Labute approximate surface area is 209 Å². The third-order valence-corrected chi connectivity index (χ3v) is 6.32. The van der Waals surface area contributed by atoms with E-state index >= 15 is 0 Å². The van der Waals surface area contributed by atoms with Gasteiger partial charge in [0.25, 0.3) is 5.91 Å². The van der Waals surface area contributed by atoms with E-state index in [1.165, 1.54) is 13.2 Å². The van der Waals surface area contributed by atoms with Gasteiger partial charge in [0.1, 0.15) is 0 Å². The highest BCUT2D eigenvalue weighted by Crippen LogP contribution is 2.37. The SMILES string of the molecule is CCN(CC)C(=O)CCc1ccc2c(c1)NC(=O)c1ccc(-c3ccc([N+](=O)[O-])c(OC)c3)cc1N2. The number of anilines is 3. The second kappa shape index (κ2) is 10.5. The van der Waals surface area contributed by atoms with Crippen molar-refractivity contribution in [2.75, 3.05) is 30.8 Å². The number of carbonyl (C=O) groups is 2. The normalized spacial score (nSPS) is 11.9. The lowest BCUT2D eigenvalue weighted by atomic mass is 10.0. The Bertz CT molecular complexity index is 1330. The lowest BCUT2D eigenvalue weighted by molar-refractivity contribution is -0.385. The van der Waals surface area contributed by atoms with Crippen LogP contribution in [-0.2, 0) is 11.2 Å². The highest BCUT2D eigenvalue weighted by molar-refractivity contribution is 6.12. The van der Waals surface area contributed by atoms with E-state index in [9.17, 15) is 19.7 Å². The molecule has 0 bridgehead atoms. The maximum absolute atomic E-state index is 13.0. The molecular formula is C27H28N4O5. The summed E-state index contributed by atoms with van der Waals surface area (Å²) in [6.45, 7) is 5.30. The molecule has 186 valence electrons. The first-order valence-corrected chi connectivity index (χ1v) is 11.8. The van der Waals surface area contributed by atoms with Gasteiger partial charge in [0.15, 0.2) is 5.75 Å². The van der Waals surface area contributed by atoms with E-state index in [0.717, 1.165) is 22.4 Å². The molecule has 0 aliphatic carbocycles. The number of nitrogens with zero attached hydrogens (tertiary/aromatic N) is 2. The zero-order chi connectivity index (χ0) is 25.8. The van der Waals surface area contributed by atoms with Gasteiger partial charge in [-0.25, -0.2) is 0 Å². The molecule has 0 saturated heterocycles. The summed E-state index contributed by atoms with van der Waals surface area (Å²) in [7, 11) is 1.39. The number of aryl methyl sites for hydroxylation is 1. The summed E-state index contributed by atoms with van der Waals surface area (Å²) in [4.78, 5) is 37.9. The zero-order valence-electron chi connectivity index (χ0n) is 20.5. The van der Waals surface area contributed by atoms with Crippen LogP contribution in [0.5, 0.6) is 5.75 Å². The number of methoxy groups -OCH3 is 1. The molecule has 3 aromatic rings. The third-order valence-electron chi connectivity index (χ3n) is 6.32. The molecule has 4 rings (SSSR count). The number of hydrogen-bond acceptors (Lipinski definition) is 6. The van der Waals surface area contributed by atoms with Crippen LogP contribution >= 0.6 is 0 Å². The molecule has 2 N–H and O–H groups in total. The van der Waals surface area contributed by atoms with Crippen molar-refractivity contribution in [2.45, 2.75) is 26.7 Å². The lowest BCUT2D eigenvalue weighted by Gasteiger charge is -2.18. The minimum absolute atomic E-state index is 0.111. The van der Waals surface area contributed by atoms with Crippen LogP contribution in [0.2, 0.25) is 0 Å². The molecule has 0 saturated carbocycles. The second-order valence-electron chi connectivity index (χ2n) is 8.43. The van der Waals surface area contributed by atoms with Gasteiger partial charge in [-0.15, -0.1) is 0 Å². The first-order valence-electron chi connectivity index (χ1n) is 11.8. The van der Waals surface area contributed by atoms with Crippen molar-refractivity contribution in [2.24, 2.45) is 0 Å². The van der Waals surface area contributed by atoms with E-state index < -0.39 is 4.92 Å². The van der Waals surface area contributed by atoms with Crippen molar-refractivity contribution in [3.05, 3.63) is 75.8 Å². The second-order valence-corrected chi connectivity index (χ2v) is 8.43. The van der Waals surface area contributed by atoms with Crippen LogP contribution in [0.3, 0.4) is 0 Å². The monoisotopic (exact) mass is 488 g/mol. The molecule has 9 nitrogen and oxygen atoms in total. The number of rotatable bonds is 8. The molecule has 36 heavy (non-hydrogen) atoms. The number of amides is 2. The van der Waals surface area contributed by atoms with Crippen LogP contribution in [0.15, 0.2) is 54.6 Å². The summed E-state index contributed by atoms with van der Waals surface area (Å²) in [5.41, 5.74) is 4.81. The Hall–Kier alpha value is -4.40. The van der Waals surface area contributed by atoms with E-state index in [4.69, 9.17) is 4.74 Å². The molecule has 1 heterocycles. The number of ether oxygens (including phenoxy) is 1. The highest BCUT2D eigenvalue weighted by atomic mass is 16.6. The quantitative estimate of drug-likeness (QED) is 0.325. The minimum Gasteiger partial charge on any atom is -0.490 e. The topological polar surface area (TPSA) is 114 Å². The molecule has 9 heteroatoms. The largest absolute Gasteiger partial charge is 0.490 e. The molecule has 0 aromatic heterocycles. The Morgan fingerprint density at radius 2 is 1.67 bits per heavy atom. The summed E-state index contributed by atoms with van der Waals surface area (Å²) in [5, 5.41) is 17.5. The van der Waals surface area contributed by atoms with Crippen molar-refractivity contribution in [3.8, 4) is 16.9 Å². The van der Waals surface area contributed by atoms with Crippen molar-refractivity contribution in [1.29, 1.82) is 0 Å². The summed E-state index contributed by atoms with van der Waals surface area (Å²) in [5.74, 6) is 0.0239. The fraction of sp³-hybridized carbons (Fsp3) is 0.259. The van der Waals surface area contributed by atoms with Crippen molar-refractivity contribution >= 4 is 34.6 Å². The fourth-order valence-electron chi connectivity index (χ4n) is 4.31. The molecule has 3 aromatic carbocycles. The van der Waals surface area contributed by atoms with Gasteiger partial charge in [0, 0.05) is 25.6 Å². The van der Waals surface area contributed by atoms with Crippen LogP contribution in [-0.4, -0.2) is 41.8 Å². The summed E-state index contributed by atoms with van der Waals surface area (Å²) >= 11 is 0. The van der Waals surface area contributed by atoms with E-state index in [2.05, 4.69) is 10.6 Å². The molecule has 1 aliphatic rings. The molecular weight excluding hydrogens is 460 g/mol.